The van der Waals surface area contributed by atoms with E-state index < -0.39 is 5.97 Å². The number of carboxylic acids is 1. The molecule has 0 spiro atoms. The van der Waals surface area contributed by atoms with Crippen molar-refractivity contribution in [3.8, 4) is 5.75 Å². The molecule has 1 aliphatic heterocycles. The van der Waals surface area contributed by atoms with E-state index in [-0.39, 0.29) is 5.56 Å². The van der Waals surface area contributed by atoms with E-state index in [1.165, 1.54) is 22.0 Å². The molecule has 1 saturated heterocycles. The predicted octanol–water partition coefficient (Wildman–Crippen LogP) is 5.25. The van der Waals surface area contributed by atoms with Crippen molar-refractivity contribution in [1.82, 2.24) is 9.47 Å². The van der Waals surface area contributed by atoms with Crippen molar-refractivity contribution in [3.05, 3.63) is 64.8 Å². The first-order valence-electron chi connectivity index (χ1n) is 12.3. The topological polar surface area (TPSA) is 63.9 Å². The highest BCUT2D eigenvalue weighted by atomic mass is 16.5. The van der Waals surface area contributed by atoms with Gasteiger partial charge in [0.1, 0.15) is 17.9 Å². The van der Waals surface area contributed by atoms with Crippen LogP contribution in [-0.2, 0) is 11.3 Å². The lowest BCUT2D eigenvalue weighted by Gasteiger charge is -2.31. The monoisotopic (exact) mass is 464 g/mol. The van der Waals surface area contributed by atoms with Gasteiger partial charge in [0.05, 0.1) is 12.1 Å². The largest absolute Gasteiger partial charge is 0.491 e. The molecule has 6 nitrogen and oxygen atoms in total. The van der Waals surface area contributed by atoms with E-state index in [1.807, 2.05) is 19.9 Å². The highest BCUT2D eigenvalue weighted by molar-refractivity contribution is 5.91. The number of likely N-dealkylation sites (tertiary alicyclic amines) is 1. The fraction of sp³-hybridized carbons (Fsp3) is 0.464. The molecule has 0 saturated carbocycles. The molecule has 34 heavy (non-hydrogen) atoms. The minimum absolute atomic E-state index is 0.231. The summed E-state index contributed by atoms with van der Waals surface area (Å²) in [5.74, 6) is 0.0453. The Morgan fingerprint density at radius 2 is 1.88 bits per heavy atom. The van der Waals surface area contributed by atoms with Gasteiger partial charge in [0, 0.05) is 31.3 Å². The van der Waals surface area contributed by atoms with Gasteiger partial charge in [-0.05, 0) is 75.9 Å². The third-order valence-electron chi connectivity index (χ3n) is 6.87. The Bertz CT molecular complexity index is 1130. The molecular formula is C28H36N2O4. The molecule has 0 unspecified atom stereocenters. The number of benzene rings is 2. The number of hydrogen-bond donors (Lipinski definition) is 1. The van der Waals surface area contributed by atoms with Crippen LogP contribution in [0.15, 0.2) is 42.6 Å². The molecule has 2 heterocycles. The summed E-state index contributed by atoms with van der Waals surface area (Å²) in [5, 5.41) is 10.8. The smallest absolute Gasteiger partial charge is 0.339 e. The lowest BCUT2D eigenvalue weighted by molar-refractivity contribution is 0.0691. The second kappa shape index (κ2) is 11.1. The van der Waals surface area contributed by atoms with Crippen molar-refractivity contribution in [2.24, 2.45) is 0 Å². The number of para-hydroxylation sites is 1. The molecule has 0 aliphatic carbocycles. The standard InChI is InChI=1S/C28H36N2O4/c1-4-33-16-15-30-19-25(23-7-5-6-21(3)27(23)30)22-10-12-29(13-11-22)14-17-34-26-9-8-20(2)18-24(26)28(31)32/h5-9,18-19,22H,4,10-17H2,1-3H3,(H,31,32). The Labute approximate surface area is 202 Å². The Balaban J connectivity index is 1.36. The molecule has 1 fully saturated rings. The molecule has 2 aromatic carbocycles. The number of hydrogen-bond acceptors (Lipinski definition) is 4. The summed E-state index contributed by atoms with van der Waals surface area (Å²) in [6.07, 6.45) is 4.58. The number of piperidine rings is 1. The molecule has 1 aromatic heterocycles. The highest BCUT2D eigenvalue weighted by Gasteiger charge is 2.24. The number of fused-ring (bicyclic) bond motifs is 1. The first kappa shape index (κ1) is 24.3. The Morgan fingerprint density at radius 3 is 2.62 bits per heavy atom. The molecule has 1 N–H and O–H groups in total. The number of rotatable bonds is 10. The van der Waals surface area contributed by atoms with Gasteiger partial charge in [-0.25, -0.2) is 4.79 Å². The van der Waals surface area contributed by atoms with E-state index in [0.29, 0.717) is 18.3 Å². The van der Waals surface area contributed by atoms with Gasteiger partial charge in [0.2, 0.25) is 0 Å². The predicted molar refractivity (Wildman–Crippen MR) is 135 cm³/mol. The van der Waals surface area contributed by atoms with Crippen molar-refractivity contribution in [2.75, 3.05) is 39.5 Å². The quantitative estimate of drug-likeness (QED) is 0.415. The van der Waals surface area contributed by atoms with Gasteiger partial charge in [-0.2, -0.15) is 0 Å². The molecular weight excluding hydrogens is 428 g/mol. The molecule has 6 heteroatoms. The summed E-state index contributed by atoms with van der Waals surface area (Å²) < 4.78 is 13.8. The number of aromatic nitrogens is 1. The van der Waals surface area contributed by atoms with Crippen LogP contribution < -0.4 is 4.74 Å². The number of ether oxygens (including phenoxy) is 2. The third-order valence-corrected chi connectivity index (χ3v) is 6.87. The van der Waals surface area contributed by atoms with Crippen molar-refractivity contribution in [3.63, 3.8) is 0 Å². The fourth-order valence-corrected chi connectivity index (χ4v) is 5.07. The van der Waals surface area contributed by atoms with Gasteiger partial charge in [0.25, 0.3) is 0 Å². The molecule has 3 aromatic rings. The van der Waals surface area contributed by atoms with Crippen molar-refractivity contribution < 1.29 is 19.4 Å². The van der Waals surface area contributed by atoms with Gasteiger partial charge < -0.3 is 19.1 Å². The molecule has 0 bridgehead atoms. The summed E-state index contributed by atoms with van der Waals surface area (Å²) in [6, 6.07) is 11.9. The van der Waals surface area contributed by atoms with Crippen molar-refractivity contribution in [2.45, 2.75) is 46.1 Å². The van der Waals surface area contributed by atoms with E-state index in [9.17, 15) is 9.90 Å². The number of nitrogens with zero attached hydrogens (tertiary/aromatic N) is 2. The number of carboxylic acid groups (broad SMARTS) is 1. The SMILES string of the molecule is CCOCCn1cc(C2CCN(CCOc3ccc(C)cc3C(=O)O)CC2)c2cccc(C)c21. The zero-order chi connectivity index (χ0) is 24.1. The summed E-state index contributed by atoms with van der Waals surface area (Å²) in [7, 11) is 0. The van der Waals surface area contributed by atoms with Crippen molar-refractivity contribution in [1.29, 1.82) is 0 Å². The summed E-state index contributed by atoms with van der Waals surface area (Å²) in [4.78, 5) is 13.9. The van der Waals surface area contributed by atoms with Gasteiger partial charge in [-0.15, -0.1) is 0 Å². The molecule has 182 valence electrons. The number of aryl methyl sites for hydroxylation is 2. The maximum absolute atomic E-state index is 11.5. The van der Waals surface area contributed by atoms with Crippen LogP contribution in [0.3, 0.4) is 0 Å². The van der Waals surface area contributed by atoms with Crippen LogP contribution in [0.4, 0.5) is 0 Å². The third kappa shape index (κ3) is 5.45. The summed E-state index contributed by atoms with van der Waals surface area (Å²) in [5.41, 5.74) is 5.25. The van der Waals surface area contributed by atoms with E-state index in [2.05, 4.69) is 40.8 Å². The van der Waals surface area contributed by atoms with E-state index >= 15 is 0 Å². The van der Waals surface area contributed by atoms with Crippen LogP contribution in [0.5, 0.6) is 5.75 Å². The Morgan fingerprint density at radius 1 is 1.09 bits per heavy atom. The number of carbonyl (C=O) groups is 1. The Hall–Kier alpha value is -2.83. The zero-order valence-electron chi connectivity index (χ0n) is 20.5. The average Bonchev–Trinajstić information content (AvgIpc) is 3.20. The molecule has 1 aliphatic rings. The molecule has 0 amide bonds. The van der Waals surface area contributed by atoms with Crippen LogP contribution in [0.1, 0.15) is 52.7 Å². The van der Waals surface area contributed by atoms with Gasteiger partial charge in [-0.3, -0.25) is 4.90 Å². The highest BCUT2D eigenvalue weighted by Crippen LogP contribution is 2.35. The summed E-state index contributed by atoms with van der Waals surface area (Å²) in [6.45, 7) is 11.8. The summed E-state index contributed by atoms with van der Waals surface area (Å²) >= 11 is 0. The number of aromatic carboxylic acids is 1. The second-order valence-corrected chi connectivity index (χ2v) is 9.21. The van der Waals surface area contributed by atoms with E-state index in [1.54, 1.807) is 12.1 Å². The van der Waals surface area contributed by atoms with Crippen LogP contribution >= 0.6 is 0 Å². The normalized spacial score (nSPS) is 15.1. The van der Waals surface area contributed by atoms with E-state index in [0.717, 1.165) is 57.8 Å². The zero-order valence-corrected chi connectivity index (χ0v) is 20.5. The van der Waals surface area contributed by atoms with Gasteiger partial charge in [-0.1, -0.05) is 29.8 Å². The Kier molecular flexibility index (Phi) is 7.91. The minimum atomic E-state index is -0.949. The first-order chi connectivity index (χ1) is 16.5. The maximum atomic E-state index is 11.5. The van der Waals surface area contributed by atoms with Gasteiger partial charge >= 0.3 is 5.97 Å². The minimum Gasteiger partial charge on any atom is -0.491 e. The van der Waals surface area contributed by atoms with Crippen LogP contribution in [0, 0.1) is 13.8 Å². The van der Waals surface area contributed by atoms with Crippen LogP contribution in [-0.4, -0.2) is 60.0 Å². The second-order valence-electron chi connectivity index (χ2n) is 9.21. The fourth-order valence-electron chi connectivity index (χ4n) is 5.07. The van der Waals surface area contributed by atoms with Crippen molar-refractivity contribution >= 4 is 16.9 Å². The van der Waals surface area contributed by atoms with E-state index in [4.69, 9.17) is 9.47 Å². The van der Waals surface area contributed by atoms with Gasteiger partial charge in [0.15, 0.2) is 0 Å². The lowest BCUT2D eigenvalue weighted by Crippen LogP contribution is -2.35. The average molecular weight is 465 g/mol. The van der Waals surface area contributed by atoms with Crippen LogP contribution in [0.25, 0.3) is 10.9 Å². The molecule has 0 atom stereocenters. The molecule has 0 radical (unpaired) electrons. The maximum Gasteiger partial charge on any atom is 0.339 e. The molecule has 4 rings (SSSR count). The van der Waals surface area contributed by atoms with Crippen LogP contribution in [0.2, 0.25) is 0 Å². The first-order valence-corrected chi connectivity index (χ1v) is 12.3. The lowest BCUT2D eigenvalue weighted by atomic mass is 9.89.